The average Bonchev–Trinajstić information content (AvgIpc) is 2.28. The molecule has 0 aromatic carbocycles. The Hall–Kier alpha value is -1.69. The second kappa shape index (κ2) is 6.15. The molecule has 1 aromatic heterocycles. The van der Waals surface area contributed by atoms with Crippen molar-refractivity contribution in [2.24, 2.45) is 11.8 Å². The fraction of sp³-hybridized carbons (Fsp3) is 0.545. The first kappa shape index (κ1) is 13.4. The standard InChI is InChI=1S/C11H19N5O/c1-7(2)4-8(3)15-11(17)9-5-14-10(16-12)6-13-9/h5-8H,4,12H2,1-3H3,(H,14,16)(H,15,17). The number of nitrogen functional groups attached to an aromatic ring is 1. The highest BCUT2D eigenvalue weighted by Crippen LogP contribution is 2.05. The van der Waals surface area contributed by atoms with Gasteiger partial charge in [0.1, 0.15) is 5.69 Å². The molecule has 0 fully saturated rings. The lowest BCUT2D eigenvalue weighted by Gasteiger charge is -2.15. The summed E-state index contributed by atoms with van der Waals surface area (Å²) in [7, 11) is 0. The van der Waals surface area contributed by atoms with Crippen molar-refractivity contribution < 1.29 is 4.79 Å². The number of carbonyl (C=O) groups excluding carboxylic acids is 1. The SMILES string of the molecule is CC(C)CC(C)NC(=O)c1cnc(NN)cn1. The fourth-order valence-corrected chi connectivity index (χ4v) is 1.58. The predicted molar refractivity (Wildman–Crippen MR) is 66.2 cm³/mol. The normalized spacial score (nSPS) is 12.3. The van der Waals surface area contributed by atoms with E-state index in [0.29, 0.717) is 17.4 Å². The van der Waals surface area contributed by atoms with Crippen LogP contribution >= 0.6 is 0 Å². The summed E-state index contributed by atoms with van der Waals surface area (Å²) in [6, 6.07) is 0.122. The smallest absolute Gasteiger partial charge is 0.271 e. The molecule has 94 valence electrons. The third-order valence-electron chi connectivity index (χ3n) is 2.23. The summed E-state index contributed by atoms with van der Waals surface area (Å²) in [4.78, 5) is 19.7. The summed E-state index contributed by atoms with van der Waals surface area (Å²) in [5.41, 5.74) is 2.65. The van der Waals surface area contributed by atoms with Crippen LogP contribution in [0, 0.1) is 5.92 Å². The third kappa shape index (κ3) is 4.36. The van der Waals surface area contributed by atoms with Gasteiger partial charge in [-0.2, -0.15) is 0 Å². The molecule has 6 nitrogen and oxygen atoms in total. The van der Waals surface area contributed by atoms with Crippen molar-refractivity contribution in [2.45, 2.75) is 33.2 Å². The average molecular weight is 237 g/mol. The Morgan fingerprint density at radius 1 is 1.35 bits per heavy atom. The van der Waals surface area contributed by atoms with Crippen molar-refractivity contribution in [1.29, 1.82) is 0 Å². The van der Waals surface area contributed by atoms with E-state index in [0.717, 1.165) is 6.42 Å². The number of aromatic nitrogens is 2. The van der Waals surface area contributed by atoms with E-state index >= 15 is 0 Å². The van der Waals surface area contributed by atoms with Gasteiger partial charge in [-0.15, -0.1) is 0 Å². The van der Waals surface area contributed by atoms with E-state index in [1.54, 1.807) is 0 Å². The molecule has 1 rings (SSSR count). The fourth-order valence-electron chi connectivity index (χ4n) is 1.58. The first-order valence-electron chi connectivity index (χ1n) is 5.62. The molecule has 1 amide bonds. The lowest BCUT2D eigenvalue weighted by atomic mass is 10.1. The van der Waals surface area contributed by atoms with Gasteiger partial charge in [0.05, 0.1) is 12.4 Å². The number of nitrogens with one attached hydrogen (secondary N) is 2. The maximum Gasteiger partial charge on any atom is 0.271 e. The number of nitrogens with two attached hydrogens (primary N) is 1. The third-order valence-corrected chi connectivity index (χ3v) is 2.23. The van der Waals surface area contributed by atoms with Crippen LogP contribution in [-0.2, 0) is 0 Å². The summed E-state index contributed by atoms with van der Waals surface area (Å²) < 4.78 is 0. The summed E-state index contributed by atoms with van der Waals surface area (Å²) in [5, 5.41) is 2.87. The van der Waals surface area contributed by atoms with Crippen molar-refractivity contribution >= 4 is 11.7 Å². The van der Waals surface area contributed by atoms with E-state index < -0.39 is 0 Å². The quantitative estimate of drug-likeness (QED) is 0.523. The van der Waals surface area contributed by atoms with Gasteiger partial charge in [0.15, 0.2) is 5.82 Å². The molecule has 4 N–H and O–H groups in total. The molecule has 6 heteroatoms. The number of carbonyl (C=O) groups is 1. The number of nitrogens with zero attached hydrogens (tertiary/aromatic N) is 2. The van der Waals surface area contributed by atoms with Gasteiger partial charge >= 0.3 is 0 Å². The Balaban J connectivity index is 2.57. The van der Waals surface area contributed by atoms with E-state index in [1.165, 1.54) is 12.4 Å². The van der Waals surface area contributed by atoms with Crippen LogP contribution in [0.1, 0.15) is 37.7 Å². The molecular formula is C11H19N5O. The van der Waals surface area contributed by atoms with Crippen LogP contribution in [0.25, 0.3) is 0 Å². The topological polar surface area (TPSA) is 92.9 Å². The van der Waals surface area contributed by atoms with Crippen molar-refractivity contribution in [2.75, 3.05) is 5.43 Å². The van der Waals surface area contributed by atoms with Gasteiger partial charge in [-0.1, -0.05) is 13.8 Å². The zero-order chi connectivity index (χ0) is 12.8. The molecule has 0 aliphatic rings. The van der Waals surface area contributed by atoms with Crippen LogP contribution in [0.2, 0.25) is 0 Å². The Kier molecular flexibility index (Phi) is 4.84. The predicted octanol–water partition coefficient (Wildman–Crippen LogP) is 0.927. The van der Waals surface area contributed by atoms with E-state index in [-0.39, 0.29) is 11.9 Å². The first-order valence-corrected chi connectivity index (χ1v) is 5.62. The highest BCUT2D eigenvalue weighted by Gasteiger charge is 2.12. The molecule has 0 bridgehead atoms. The van der Waals surface area contributed by atoms with Gasteiger partial charge in [-0.05, 0) is 19.3 Å². The van der Waals surface area contributed by atoms with Crippen molar-refractivity contribution in [3.05, 3.63) is 18.1 Å². The summed E-state index contributed by atoms with van der Waals surface area (Å²) in [5.74, 6) is 5.91. The molecular weight excluding hydrogens is 218 g/mol. The second-order valence-electron chi connectivity index (χ2n) is 4.44. The van der Waals surface area contributed by atoms with Gasteiger partial charge in [-0.3, -0.25) is 4.79 Å². The van der Waals surface area contributed by atoms with Crippen molar-refractivity contribution in [3.8, 4) is 0 Å². The molecule has 0 aliphatic carbocycles. The summed E-state index contributed by atoms with van der Waals surface area (Å²) in [6.45, 7) is 6.20. The van der Waals surface area contributed by atoms with Gasteiger partial charge < -0.3 is 10.7 Å². The Morgan fingerprint density at radius 3 is 2.53 bits per heavy atom. The zero-order valence-corrected chi connectivity index (χ0v) is 10.4. The number of rotatable bonds is 5. The first-order chi connectivity index (χ1) is 8.02. The van der Waals surface area contributed by atoms with Crippen LogP contribution in [-0.4, -0.2) is 21.9 Å². The van der Waals surface area contributed by atoms with Crippen LogP contribution in [0.3, 0.4) is 0 Å². The van der Waals surface area contributed by atoms with E-state index in [1.807, 2.05) is 6.92 Å². The molecule has 17 heavy (non-hydrogen) atoms. The Morgan fingerprint density at radius 2 is 2.06 bits per heavy atom. The van der Waals surface area contributed by atoms with Crippen LogP contribution in [0.15, 0.2) is 12.4 Å². The molecule has 0 saturated carbocycles. The summed E-state index contributed by atoms with van der Waals surface area (Å²) in [6.07, 6.45) is 3.75. The summed E-state index contributed by atoms with van der Waals surface area (Å²) >= 11 is 0. The minimum Gasteiger partial charge on any atom is -0.348 e. The maximum atomic E-state index is 11.8. The number of hydrogen-bond donors (Lipinski definition) is 3. The minimum absolute atomic E-state index is 0.122. The molecule has 1 heterocycles. The van der Waals surface area contributed by atoms with Crippen molar-refractivity contribution in [3.63, 3.8) is 0 Å². The van der Waals surface area contributed by atoms with Gasteiger partial charge in [0.2, 0.25) is 0 Å². The number of hydrazine groups is 1. The van der Waals surface area contributed by atoms with E-state index in [9.17, 15) is 4.79 Å². The molecule has 1 unspecified atom stereocenters. The molecule has 1 aromatic rings. The zero-order valence-electron chi connectivity index (χ0n) is 10.4. The number of anilines is 1. The number of hydrogen-bond acceptors (Lipinski definition) is 5. The second-order valence-corrected chi connectivity index (χ2v) is 4.44. The minimum atomic E-state index is -0.214. The monoisotopic (exact) mass is 237 g/mol. The maximum absolute atomic E-state index is 11.8. The van der Waals surface area contributed by atoms with Gasteiger partial charge in [0.25, 0.3) is 5.91 Å². The van der Waals surface area contributed by atoms with E-state index in [2.05, 4.69) is 34.6 Å². The highest BCUT2D eigenvalue weighted by atomic mass is 16.1. The molecule has 0 radical (unpaired) electrons. The van der Waals surface area contributed by atoms with Crippen LogP contribution in [0.4, 0.5) is 5.82 Å². The Bertz CT molecular complexity index is 363. The molecule has 0 aliphatic heterocycles. The van der Waals surface area contributed by atoms with Gasteiger partial charge in [0, 0.05) is 6.04 Å². The van der Waals surface area contributed by atoms with Gasteiger partial charge in [-0.25, -0.2) is 15.8 Å². The highest BCUT2D eigenvalue weighted by molar-refractivity contribution is 5.92. The lowest BCUT2D eigenvalue weighted by molar-refractivity contribution is 0.0930. The van der Waals surface area contributed by atoms with Crippen molar-refractivity contribution in [1.82, 2.24) is 15.3 Å². The van der Waals surface area contributed by atoms with Crippen LogP contribution < -0.4 is 16.6 Å². The lowest BCUT2D eigenvalue weighted by Crippen LogP contribution is -2.34. The van der Waals surface area contributed by atoms with E-state index in [4.69, 9.17) is 5.84 Å². The molecule has 0 saturated heterocycles. The Labute approximate surface area is 101 Å². The van der Waals surface area contributed by atoms with Crippen LogP contribution in [0.5, 0.6) is 0 Å². The largest absolute Gasteiger partial charge is 0.348 e. The molecule has 1 atom stereocenters. The number of amides is 1. The molecule has 0 spiro atoms.